The van der Waals surface area contributed by atoms with Gasteiger partial charge in [-0.25, -0.2) is 0 Å². The molecule has 1 aromatic carbocycles. The van der Waals surface area contributed by atoms with Gasteiger partial charge in [0.15, 0.2) is 0 Å². The Morgan fingerprint density at radius 3 is 2.73 bits per heavy atom. The molecule has 1 aromatic heterocycles. The third kappa shape index (κ3) is 4.26. The minimum Gasteiger partial charge on any atom is -0.394 e. The van der Waals surface area contributed by atoms with Crippen molar-refractivity contribution in [3.05, 3.63) is 52.2 Å². The number of rotatable bonds is 7. The number of aliphatic hydroxyl groups is 1. The molecule has 5 nitrogen and oxygen atoms in total. The number of aliphatic hydroxyl groups excluding tert-OH is 1. The summed E-state index contributed by atoms with van der Waals surface area (Å²) in [6, 6.07) is 9.59. The van der Waals surface area contributed by atoms with Crippen LogP contribution in [0.5, 0.6) is 0 Å². The van der Waals surface area contributed by atoms with Crippen molar-refractivity contribution in [1.82, 2.24) is 4.90 Å². The first-order valence-corrected chi connectivity index (χ1v) is 10.0. The molecule has 2 aromatic rings. The molecule has 140 valence electrons. The highest BCUT2D eigenvalue weighted by Crippen LogP contribution is 2.25. The molecule has 0 bridgehead atoms. The number of amides is 1. The second kappa shape index (κ2) is 9.16. The van der Waals surface area contributed by atoms with Gasteiger partial charge in [-0.3, -0.25) is 4.79 Å². The molecule has 2 heterocycles. The molecule has 0 saturated carbocycles. The lowest BCUT2D eigenvalue weighted by Crippen LogP contribution is -2.43. The minimum absolute atomic E-state index is 0.0285. The van der Waals surface area contributed by atoms with Crippen molar-refractivity contribution in [2.75, 3.05) is 37.8 Å². The van der Waals surface area contributed by atoms with Gasteiger partial charge in [-0.15, -0.1) is 0 Å². The van der Waals surface area contributed by atoms with E-state index in [1.54, 1.807) is 16.2 Å². The van der Waals surface area contributed by atoms with E-state index in [4.69, 9.17) is 4.74 Å². The monoisotopic (exact) mass is 374 g/mol. The highest BCUT2D eigenvalue weighted by Gasteiger charge is 2.27. The second-order valence-corrected chi connectivity index (χ2v) is 7.21. The first kappa shape index (κ1) is 18.9. The Labute approximate surface area is 158 Å². The summed E-state index contributed by atoms with van der Waals surface area (Å²) in [4.78, 5) is 17.5. The van der Waals surface area contributed by atoms with Crippen LogP contribution >= 0.6 is 11.3 Å². The maximum absolute atomic E-state index is 13.5. The summed E-state index contributed by atoms with van der Waals surface area (Å²) in [6.07, 6.45) is 0.714. The second-order valence-electron chi connectivity index (χ2n) is 6.43. The van der Waals surface area contributed by atoms with E-state index >= 15 is 0 Å². The van der Waals surface area contributed by atoms with Gasteiger partial charge in [-0.1, -0.05) is 19.1 Å². The average Bonchev–Trinajstić information content (AvgIpc) is 3.21. The number of benzene rings is 1. The molecule has 1 aliphatic rings. The Morgan fingerprint density at radius 1 is 1.31 bits per heavy atom. The predicted molar refractivity (Wildman–Crippen MR) is 105 cm³/mol. The summed E-state index contributed by atoms with van der Waals surface area (Å²) < 4.78 is 5.44. The van der Waals surface area contributed by atoms with Crippen molar-refractivity contribution in [2.45, 2.75) is 25.9 Å². The van der Waals surface area contributed by atoms with Gasteiger partial charge < -0.3 is 19.6 Å². The zero-order chi connectivity index (χ0) is 18.4. The van der Waals surface area contributed by atoms with E-state index < -0.39 is 0 Å². The summed E-state index contributed by atoms with van der Waals surface area (Å²) in [7, 11) is 0. The maximum atomic E-state index is 13.5. The lowest BCUT2D eigenvalue weighted by molar-refractivity contribution is 0.0564. The summed E-state index contributed by atoms with van der Waals surface area (Å²) in [5, 5.41) is 13.9. The predicted octanol–water partition coefficient (Wildman–Crippen LogP) is 3.00. The average molecular weight is 375 g/mol. The van der Waals surface area contributed by atoms with Gasteiger partial charge in [0.1, 0.15) is 0 Å². The Hall–Kier alpha value is -1.89. The number of nitrogens with zero attached hydrogens (tertiary/aromatic N) is 2. The molecular formula is C20H26N2O3S. The quantitative estimate of drug-likeness (QED) is 0.809. The van der Waals surface area contributed by atoms with Crippen LogP contribution in [-0.4, -0.2) is 54.9 Å². The van der Waals surface area contributed by atoms with Gasteiger partial charge in [-0.2, -0.15) is 11.3 Å². The van der Waals surface area contributed by atoms with Crippen LogP contribution in [0.4, 0.5) is 5.69 Å². The Kier molecular flexibility index (Phi) is 6.66. The van der Waals surface area contributed by atoms with E-state index in [-0.39, 0.29) is 18.6 Å². The smallest absolute Gasteiger partial charge is 0.256 e. The third-order valence-electron chi connectivity index (χ3n) is 4.80. The van der Waals surface area contributed by atoms with Crippen LogP contribution in [0.1, 0.15) is 29.3 Å². The molecule has 6 heteroatoms. The van der Waals surface area contributed by atoms with E-state index in [2.05, 4.69) is 10.3 Å². The molecule has 0 aliphatic carbocycles. The highest BCUT2D eigenvalue weighted by atomic mass is 32.1. The SMILES string of the molecule is CCC(CO)N(Cc1ccsc1)C(=O)c1ccccc1N1CCOCC1. The zero-order valence-corrected chi connectivity index (χ0v) is 16.0. The van der Waals surface area contributed by atoms with Crippen molar-refractivity contribution in [3.63, 3.8) is 0 Å². The topological polar surface area (TPSA) is 53.0 Å². The van der Waals surface area contributed by atoms with E-state index in [1.165, 1.54) is 0 Å². The Morgan fingerprint density at radius 2 is 2.08 bits per heavy atom. The summed E-state index contributed by atoms with van der Waals surface area (Å²) in [5.74, 6) is -0.0285. The van der Waals surface area contributed by atoms with Gasteiger partial charge in [0.05, 0.1) is 31.4 Å². The van der Waals surface area contributed by atoms with E-state index in [0.717, 1.165) is 24.3 Å². The number of para-hydroxylation sites is 1. The van der Waals surface area contributed by atoms with Crippen LogP contribution in [0.2, 0.25) is 0 Å². The van der Waals surface area contributed by atoms with Gasteiger partial charge in [-0.05, 0) is 40.9 Å². The number of hydrogen-bond donors (Lipinski definition) is 1. The Bertz CT molecular complexity index is 695. The molecule has 3 rings (SSSR count). The largest absolute Gasteiger partial charge is 0.394 e. The van der Waals surface area contributed by atoms with Crippen LogP contribution in [0.3, 0.4) is 0 Å². The number of thiophene rings is 1. The van der Waals surface area contributed by atoms with Crippen molar-refractivity contribution in [1.29, 1.82) is 0 Å². The van der Waals surface area contributed by atoms with Gasteiger partial charge in [0.25, 0.3) is 5.91 Å². The molecule has 1 saturated heterocycles. The van der Waals surface area contributed by atoms with Crippen LogP contribution in [0, 0.1) is 0 Å². The number of ether oxygens (including phenoxy) is 1. The maximum Gasteiger partial charge on any atom is 0.256 e. The number of anilines is 1. The van der Waals surface area contributed by atoms with Gasteiger partial charge in [0.2, 0.25) is 0 Å². The van der Waals surface area contributed by atoms with Crippen molar-refractivity contribution in [3.8, 4) is 0 Å². The van der Waals surface area contributed by atoms with E-state index in [1.807, 2.05) is 42.6 Å². The van der Waals surface area contributed by atoms with Crippen LogP contribution in [0.15, 0.2) is 41.1 Å². The van der Waals surface area contributed by atoms with Crippen molar-refractivity contribution < 1.29 is 14.6 Å². The number of carbonyl (C=O) groups is 1. The standard InChI is InChI=1S/C20H26N2O3S/c1-2-17(14-23)22(13-16-7-12-26-15-16)20(24)18-5-3-4-6-19(18)21-8-10-25-11-9-21/h3-7,12,15,17,23H,2,8-11,13-14H2,1H3. The Balaban J connectivity index is 1.90. The van der Waals surface area contributed by atoms with Gasteiger partial charge >= 0.3 is 0 Å². The van der Waals surface area contributed by atoms with Crippen LogP contribution in [-0.2, 0) is 11.3 Å². The molecule has 1 fully saturated rings. The lowest BCUT2D eigenvalue weighted by Gasteiger charge is -2.34. The fourth-order valence-electron chi connectivity index (χ4n) is 3.28. The summed E-state index contributed by atoms with van der Waals surface area (Å²) in [5.41, 5.74) is 2.74. The normalized spacial score (nSPS) is 15.7. The minimum atomic E-state index is -0.194. The summed E-state index contributed by atoms with van der Waals surface area (Å²) >= 11 is 1.62. The van der Waals surface area contributed by atoms with Crippen molar-refractivity contribution in [2.24, 2.45) is 0 Å². The number of hydrogen-bond acceptors (Lipinski definition) is 5. The molecule has 26 heavy (non-hydrogen) atoms. The third-order valence-corrected chi connectivity index (χ3v) is 5.53. The molecule has 1 amide bonds. The van der Waals surface area contributed by atoms with Gasteiger partial charge in [0, 0.05) is 25.3 Å². The zero-order valence-electron chi connectivity index (χ0n) is 15.1. The molecule has 0 radical (unpaired) electrons. The van der Waals surface area contributed by atoms with E-state index in [9.17, 15) is 9.90 Å². The highest BCUT2D eigenvalue weighted by molar-refractivity contribution is 7.07. The fraction of sp³-hybridized carbons (Fsp3) is 0.450. The molecule has 0 spiro atoms. The summed E-state index contributed by atoms with van der Waals surface area (Å²) in [6.45, 7) is 5.40. The molecule has 1 unspecified atom stereocenters. The van der Waals surface area contributed by atoms with E-state index in [0.29, 0.717) is 31.7 Å². The molecular weight excluding hydrogens is 348 g/mol. The van der Waals surface area contributed by atoms with Crippen LogP contribution in [0.25, 0.3) is 0 Å². The van der Waals surface area contributed by atoms with Crippen LogP contribution < -0.4 is 4.90 Å². The fourth-order valence-corrected chi connectivity index (χ4v) is 3.94. The molecule has 1 aliphatic heterocycles. The number of carbonyl (C=O) groups excluding carboxylic acids is 1. The molecule has 1 N–H and O–H groups in total. The van der Waals surface area contributed by atoms with Crippen molar-refractivity contribution >= 4 is 22.9 Å². The molecule has 1 atom stereocenters. The first-order valence-electron chi connectivity index (χ1n) is 9.09. The first-order chi connectivity index (χ1) is 12.7. The lowest BCUT2D eigenvalue weighted by atomic mass is 10.1. The number of morpholine rings is 1.